The standard InChI is InChI=1S/C5H10NO2S/c1-6-2-3-9-4-5(6,7)8/h7-8H,1-4H2. The average molecular weight is 148 g/mol. The molecule has 0 amide bonds. The first-order chi connectivity index (χ1) is 4.13. The molecule has 0 aromatic carbocycles. The molecule has 0 bridgehead atoms. The van der Waals surface area contributed by atoms with Gasteiger partial charge in [-0.05, 0) is 0 Å². The molecule has 4 heteroatoms. The Bertz CT molecular complexity index is 107. The second kappa shape index (κ2) is 2.46. The van der Waals surface area contributed by atoms with Crippen molar-refractivity contribution in [2.45, 2.75) is 5.91 Å². The Balaban J connectivity index is 2.49. The molecule has 0 aliphatic carbocycles. The number of thioether (sulfide) groups is 1. The molecule has 53 valence electrons. The SMILES string of the molecule is [CH2]N1CCSCC1(O)O. The molecule has 1 aliphatic heterocycles. The summed E-state index contributed by atoms with van der Waals surface area (Å²) in [7, 11) is 3.47. The zero-order chi connectivity index (χ0) is 6.91. The third-order valence-electron chi connectivity index (χ3n) is 1.31. The molecule has 2 N–H and O–H groups in total. The Morgan fingerprint density at radius 3 is 2.56 bits per heavy atom. The van der Waals surface area contributed by atoms with Crippen LogP contribution in [0.3, 0.4) is 0 Å². The van der Waals surface area contributed by atoms with Crippen LogP contribution in [0.15, 0.2) is 0 Å². The quantitative estimate of drug-likeness (QED) is 0.453. The lowest BCUT2D eigenvalue weighted by molar-refractivity contribution is -0.231. The van der Waals surface area contributed by atoms with Gasteiger partial charge < -0.3 is 10.2 Å². The van der Waals surface area contributed by atoms with E-state index in [1.165, 1.54) is 16.7 Å². The third-order valence-corrected chi connectivity index (χ3v) is 2.37. The Kier molecular flexibility index (Phi) is 2.00. The first kappa shape index (κ1) is 7.34. The Morgan fingerprint density at radius 2 is 2.22 bits per heavy atom. The Morgan fingerprint density at radius 1 is 1.56 bits per heavy atom. The molecule has 0 atom stereocenters. The minimum Gasteiger partial charge on any atom is -0.353 e. The molecule has 0 unspecified atom stereocenters. The van der Waals surface area contributed by atoms with Crippen LogP contribution in [0, 0.1) is 7.05 Å². The highest BCUT2D eigenvalue weighted by molar-refractivity contribution is 7.99. The minimum absolute atomic E-state index is 0.330. The summed E-state index contributed by atoms with van der Waals surface area (Å²) in [5.41, 5.74) is 0. The third kappa shape index (κ3) is 1.58. The molecule has 0 saturated carbocycles. The summed E-state index contributed by atoms with van der Waals surface area (Å²) >= 11 is 1.52. The van der Waals surface area contributed by atoms with Crippen molar-refractivity contribution in [3.05, 3.63) is 7.05 Å². The van der Waals surface area contributed by atoms with Crippen LogP contribution in [-0.4, -0.2) is 39.1 Å². The van der Waals surface area contributed by atoms with E-state index in [0.29, 0.717) is 12.3 Å². The van der Waals surface area contributed by atoms with Gasteiger partial charge in [0.1, 0.15) is 0 Å². The topological polar surface area (TPSA) is 43.7 Å². The summed E-state index contributed by atoms with van der Waals surface area (Å²) < 4.78 is 0. The first-order valence-corrected chi connectivity index (χ1v) is 3.89. The normalized spacial score (nSPS) is 28.3. The minimum atomic E-state index is -1.68. The lowest BCUT2D eigenvalue weighted by Crippen LogP contribution is -2.51. The average Bonchev–Trinajstić information content (AvgIpc) is 1.77. The monoisotopic (exact) mass is 148 g/mol. The predicted octanol–water partition coefficient (Wildman–Crippen LogP) is -0.535. The van der Waals surface area contributed by atoms with Crippen molar-refractivity contribution in [1.29, 1.82) is 0 Å². The molecule has 0 aromatic rings. The van der Waals surface area contributed by atoms with Crippen LogP contribution >= 0.6 is 11.8 Å². The van der Waals surface area contributed by atoms with Crippen LogP contribution < -0.4 is 0 Å². The van der Waals surface area contributed by atoms with Crippen molar-refractivity contribution in [2.24, 2.45) is 0 Å². The lowest BCUT2D eigenvalue weighted by Gasteiger charge is -2.35. The van der Waals surface area contributed by atoms with E-state index >= 15 is 0 Å². The van der Waals surface area contributed by atoms with Gasteiger partial charge in [-0.3, -0.25) is 0 Å². The van der Waals surface area contributed by atoms with E-state index in [9.17, 15) is 0 Å². The second-order valence-corrected chi connectivity index (χ2v) is 3.20. The Hall–Kier alpha value is 0.230. The van der Waals surface area contributed by atoms with Crippen molar-refractivity contribution in [1.82, 2.24) is 4.90 Å². The summed E-state index contributed by atoms with van der Waals surface area (Å²) in [6.45, 7) is 0.637. The zero-order valence-electron chi connectivity index (χ0n) is 5.08. The van der Waals surface area contributed by atoms with Crippen LogP contribution in [0.2, 0.25) is 0 Å². The van der Waals surface area contributed by atoms with Gasteiger partial charge in [0.15, 0.2) is 0 Å². The van der Waals surface area contributed by atoms with Crippen LogP contribution in [0.25, 0.3) is 0 Å². The van der Waals surface area contributed by atoms with Gasteiger partial charge in [0.05, 0.1) is 5.75 Å². The van der Waals surface area contributed by atoms with E-state index in [0.717, 1.165) is 5.75 Å². The van der Waals surface area contributed by atoms with Crippen LogP contribution in [-0.2, 0) is 0 Å². The molecule has 1 heterocycles. The number of aliphatic hydroxyl groups is 2. The zero-order valence-corrected chi connectivity index (χ0v) is 5.89. The summed E-state index contributed by atoms with van der Waals surface area (Å²) in [5.74, 6) is -0.425. The van der Waals surface area contributed by atoms with Gasteiger partial charge in [-0.15, -0.1) is 0 Å². The van der Waals surface area contributed by atoms with Gasteiger partial charge in [-0.1, -0.05) is 0 Å². The second-order valence-electron chi connectivity index (χ2n) is 2.09. The number of rotatable bonds is 0. The molecule has 1 aliphatic rings. The summed E-state index contributed by atoms with van der Waals surface area (Å²) in [6.07, 6.45) is 0. The molecule has 3 nitrogen and oxygen atoms in total. The van der Waals surface area contributed by atoms with Crippen LogP contribution in [0.1, 0.15) is 0 Å². The van der Waals surface area contributed by atoms with Crippen molar-refractivity contribution in [2.75, 3.05) is 18.1 Å². The number of hydrogen-bond donors (Lipinski definition) is 2. The molecule has 1 rings (SSSR count). The fourth-order valence-corrected chi connectivity index (χ4v) is 1.60. The molecule has 0 aromatic heterocycles. The van der Waals surface area contributed by atoms with Crippen molar-refractivity contribution in [3.8, 4) is 0 Å². The predicted molar refractivity (Wildman–Crippen MR) is 36.6 cm³/mol. The molecular weight excluding hydrogens is 138 g/mol. The summed E-state index contributed by atoms with van der Waals surface area (Å²) in [5, 5.41) is 18.1. The van der Waals surface area contributed by atoms with E-state index in [-0.39, 0.29) is 0 Å². The van der Waals surface area contributed by atoms with Gasteiger partial charge in [0.25, 0.3) is 0 Å². The van der Waals surface area contributed by atoms with E-state index in [1.54, 1.807) is 0 Å². The summed E-state index contributed by atoms with van der Waals surface area (Å²) in [4.78, 5) is 1.30. The molecule has 1 fully saturated rings. The van der Waals surface area contributed by atoms with Crippen LogP contribution in [0.4, 0.5) is 0 Å². The lowest BCUT2D eigenvalue weighted by atomic mass is 10.4. The highest BCUT2D eigenvalue weighted by Crippen LogP contribution is 2.20. The van der Waals surface area contributed by atoms with Gasteiger partial charge in [0, 0.05) is 19.3 Å². The van der Waals surface area contributed by atoms with E-state index in [2.05, 4.69) is 7.05 Å². The van der Waals surface area contributed by atoms with E-state index in [4.69, 9.17) is 10.2 Å². The largest absolute Gasteiger partial charge is 0.353 e. The van der Waals surface area contributed by atoms with Gasteiger partial charge in [0.2, 0.25) is 5.91 Å². The molecule has 0 spiro atoms. The smallest absolute Gasteiger partial charge is 0.234 e. The fourth-order valence-electron chi connectivity index (χ4n) is 0.654. The van der Waals surface area contributed by atoms with E-state index < -0.39 is 5.91 Å². The summed E-state index contributed by atoms with van der Waals surface area (Å²) in [6, 6.07) is 0. The van der Waals surface area contributed by atoms with Crippen molar-refractivity contribution >= 4 is 11.8 Å². The number of nitrogens with zero attached hydrogens (tertiary/aromatic N) is 1. The maximum atomic E-state index is 9.04. The Labute approximate surface area is 58.7 Å². The highest BCUT2D eigenvalue weighted by atomic mass is 32.2. The van der Waals surface area contributed by atoms with Gasteiger partial charge >= 0.3 is 0 Å². The maximum absolute atomic E-state index is 9.04. The van der Waals surface area contributed by atoms with Gasteiger partial charge in [-0.2, -0.15) is 11.8 Å². The molecule has 1 saturated heterocycles. The van der Waals surface area contributed by atoms with Gasteiger partial charge in [-0.25, -0.2) is 4.90 Å². The maximum Gasteiger partial charge on any atom is 0.234 e. The molecular formula is C5H10NO2S. The van der Waals surface area contributed by atoms with Crippen molar-refractivity contribution < 1.29 is 10.2 Å². The number of hydrogen-bond acceptors (Lipinski definition) is 4. The fraction of sp³-hybridized carbons (Fsp3) is 0.800. The first-order valence-electron chi connectivity index (χ1n) is 2.73. The van der Waals surface area contributed by atoms with Crippen LogP contribution in [0.5, 0.6) is 0 Å². The van der Waals surface area contributed by atoms with Crippen molar-refractivity contribution in [3.63, 3.8) is 0 Å². The molecule has 1 radical (unpaired) electrons. The highest BCUT2D eigenvalue weighted by Gasteiger charge is 2.31. The van der Waals surface area contributed by atoms with E-state index in [1.807, 2.05) is 0 Å². The molecule has 9 heavy (non-hydrogen) atoms.